The second-order valence-corrected chi connectivity index (χ2v) is 9.00. The molecule has 1 aliphatic heterocycles. The summed E-state index contributed by atoms with van der Waals surface area (Å²) in [6, 6.07) is 9.79. The van der Waals surface area contributed by atoms with Gasteiger partial charge in [0.2, 0.25) is 5.91 Å². The Morgan fingerprint density at radius 2 is 1.56 bits per heavy atom. The van der Waals surface area contributed by atoms with Gasteiger partial charge in [-0.3, -0.25) is 15.1 Å². The van der Waals surface area contributed by atoms with Gasteiger partial charge in [-0.25, -0.2) is 0 Å². The lowest BCUT2D eigenvalue weighted by atomic mass is 9.93. The third-order valence-corrected chi connectivity index (χ3v) is 6.44. The van der Waals surface area contributed by atoms with Crippen molar-refractivity contribution in [3.63, 3.8) is 0 Å². The molecule has 1 fully saturated rings. The third kappa shape index (κ3) is 6.77. The molecule has 5 nitrogen and oxygen atoms in total. The van der Waals surface area contributed by atoms with Crippen LogP contribution >= 0.6 is 0 Å². The maximum absolute atomic E-state index is 13.5. The smallest absolute Gasteiger partial charge is 0.387 e. The Morgan fingerprint density at radius 3 is 2.03 bits per heavy atom. The van der Waals surface area contributed by atoms with E-state index in [1.54, 1.807) is 24.3 Å². The average molecular weight is 515 g/mol. The molecule has 0 radical (unpaired) electrons. The number of amides is 1. The zero-order valence-corrected chi connectivity index (χ0v) is 19.7. The lowest BCUT2D eigenvalue weighted by molar-refractivity contribution is -0.143. The molecule has 196 valence electrons. The molecule has 1 saturated heterocycles. The summed E-state index contributed by atoms with van der Waals surface area (Å²) in [5.41, 5.74) is 3.44. The molecule has 1 atom stereocenters. The number of benzene rings is 2. The average Bonchev–Trinajstić information content (AvgIpc) is 2.82. The van der Waals surface area contributed by atoms with Crippen LogP contribution in [0.2, 0.25) is 0 Å². The number of alkyl halides is 6. The van der Waals surface area contributed by atoms with Gasteiger partial charge in [-0.2, -0.15) is 26.3 Å². The van der Waals surface area contributed by atoms with Crippen molar-refractivity contribution in [2.75, 3.05) is 26.7 Å². The minimum atomic E-state index is -4.93. The third-order valence-electron chi connectivity index (χ3n) is 6.44. The summed E-state index contributed by atoms with van der Waals surface area (Å²) in [5.74, 6) is -0.270. The quantitative estimate of drug-likeness (QED) is 0.306. The van der Waals surface area contributed by atoms with Gasteiger partial charge in [0.1, 0.15) is 6.04 Å². The zero-order valence-electron chi connectivity index (χ0n) is 19.7. The molecule has 2 aromatic rings. The molecule has 0 bridgehead atoms. The van der Waals surface area contributed by atoms with Gasteiger partial charge in [0.15, 0.2) is 0 Å². The van der Waals surface area contributed by atoms with E-state index in [4.69, 9.17) is 11.1 Å². The number of nitrogens with zero attached hydrogens (tertiary/aromatic N) is 2. The van der Waals surface area contributed by atoms with E-state index in [1.165, 1.54) is 11.9 Å². The number of carbonyl (C=O) groups is 1. The van der Waals surface area contributed by atoms with Gasteiger partial charge in [0.05, 0.1) is 17.0 Å². The Bertz CT molecular complexity index is 1030. The topological polar surface area (TPSA) is 73.4 Å². The van der Waals surface area contributed by atoms with Gasteiger partial charge in [-0.15, -0.1) is 0 Å². The lowest BCUT2D eigenvalue weighted by Gasteiger charge is -2.38. The van der Waals surface area contributed by atoms with E-state index >= 15 is 0 Å². The number of nitrogens with one attached hydrogen (secondary N) is 1. The first-order valence-electron chi connectivity index (χ1n) is 11.4. The molecule has 0 saturated carbocycles. The number of likely N-dealkylation sites (tertiary alicyclic amines) is 1. The van der Waals surface area contributed by atoms with Crippen LogP contribution < -0.4 is 5.73 Å². The molecule has 3 N–H and O–H groups in total. The number of piperidine rings is 1. The van der Waals surface area contributed by atoms with Crippen molar-refractivity contribution in [1.82, 2.24) is 9.80 Å². The van der Waals surface area contributed by atoms with Gasteiger partial charge in [0.25, 0.3) is 0 Å². The summed E-state index contributed by atoms with van der Waals surface area (Å²) in [7, 11) is 1.48. The number of likely N-dealkylation sites (N-methyl/N-ethyl adjacent to an activating group) is 1. The lowest BCUT2D eigenvalue weighted by Crippen LogP contribution is -2.46. The van der Waals surface area contributed by atoms with Crippen LogP contribution in [0.3, 0.4) is 0 Å². The summed E-state index contributed by atoms with van der Waals surface area (Å²) >= 11 is 0. The largest absolute Gasteiger partial charge is 0.416 e. The fourth-order valence-corrected chi connectivity index (χ4v) is 4.39. The minimum absolute atomic E-state index is 0.0609. The van der Waals surface area contributed by atoms with E-state index in [2.05, 4.69) is 0 Å². The van der Waals surface area contributed by atoms with E-state index in [-0.39, 0.29) is 42.3 Å². The molecule has 11 heteroatoms. The number of hydrogen-bond donors (Lipinski definition) is 2. The summed E-state index contributed by atoms with van der Waals surface area (Å²) in [5, 5.41) is 7.67. The van der Waals surface area contributed by atoms with Crippen molar-refractivity contribution in [3.8, 4) is 0 Å². The first kappa shape index (κ1) is 27.5. The van der Waals surface area contributed by atoms with Crippen molar-refractivity contribution in [1.29, 1.82) is 5.41 Å². The second kappa shape index (κ2) is 10.9. The Kier molecular flexibility index (Phi) is 8.33. The number of rotatable bonds is 7. The van der Waals surface area contributed by atoms with Crippen molar-refractivity contribution >= 4 is 11.7 Å². The van der Waals surface area contributed by atoms with Crippen LogP contribution in [0.4, 0.5) is 26.3 Å². The highest BCUT2D eigenvalue weighted by Gasteiger charge is 2.37. The fraction of sp³-hybridized carbons (Fsp3) is 0.440. The van der Waals surface area contributed by atoms with E-state index in [0.29, 0.717) is 38.1 Å². The predicted octanol–water partition coefficient (Wildman–Crippen LogP) is 5.11. The molecular weight excluding hydrogens is 486 g/mol. The van der Waals surface area contributed by atoms with Crippen LogP contribution in [-0.4, -0.2) is 48.2 Å². The van der Waals surface area contributed by atoms with Crippen LogP contribution in [0.5, 0.6) is 0 Å². The zero-order chi connectivity index (χ0) is 26.7. The Morgan fingerprint density at radius 1 is 1.03 bits per heavy atom. The van der Waals surface area contributed by atoms with Crippen LogP contribution in [0, 0.1) is 11.3 Å². The molecule has 2 aromatic carbocycles. The van der Waals surface area contributed by atoms with Crippen LogP contribution in [0.15, 0.2) is 48.5 Å². The fourth-order valence-electron chi connectivity index (χ4n) is 4.39. The first-order chi connectivity index (χ1) is 16.8. The van der Waals surface area contributed by atoms with Gasteiger partial charge in [0, 0.05) is 19.5 Å². The molecule has 1 unspecified atom stereocenters. The maximum Gasteiger partial charge on any atom is 0.416 e. The highest BCUT2D eigenvalue weighted by Crippen LogP contribution is 2.36. The van der Waals surface area contributed by atoms with Crippen LogP contribution in [0.1, 0.15) is 41.1 Å². The van der Waals surface area contributed by atoms with E-state index in [9.17, 15) is 31.1 Å². The standard InChI is InChI=1S/C25H28F6N4O/c1-34(10-7-16-13-19(24(26,27)28)15-20(14-16)25(29,30)31)23(36)21(17-5-3-2-4-6-17)35-11-8-18(9-12-35)22(32)33/h2-6,13-15,18,21H,7-12H2,1H3,(H3,32,33). The molecule has 36 heavy (non-hydrogen) atoms. The molecule has 3 rings (SSSR count). The number of amidine groups is 1. The Labute approximate surface area is 205 Å². The minimum Gasteiger partial charge on any atom is -0.387 e. The van der Waals surface area contributed by atoms with Gasteiger partial charge in [-0.05, 0) is 61.7 Å². The van der Waals surface area contributed by atoms with Crippen molar-refractivity contribution in [3.05, 3.63) is 70.8 Å². The predicted molar refractivity (Wildman–Crippen MR) is 123 cm³/mol. The summed E-state index contributed by atoms with van der Waals surface area (Å²) < 4.78 is 79.1. The highest BCUT2D eigenvalue weighted by atomic mass is 19.4. The van der Waals surface area contributed by atoms with Gasteiger partial charge < -0.3 is 10.6 Å². The van der Waals surface area contributed by atoms with E-state index in [1.807, 2.05) is 11.0 Å². The SMILES string of the molecule is CN(CCc1cc(C(F)(F)F)cc(C(F)(F)F)c1)C(=O)C(c1ccccc1)N1CCC(C(=N)N)CC1. The molecule has 0 aromatic heterocycles. The molecule has 1 aliphatic rings. The summed E-state index contributed by atoms with van der Waals surface area (Å²) in [4.78, 5) is 16.8. The van der Waals surface area contributed by atoms with Crippen molar-refractivity contribution in [2.45, 2.75) is 37.7 Å². The summed E-state index contributed by atoms with van der Waals surface area (Å²) in [6.45, 7) is 0.975. The number of halogens is 6. The monoisotopic (exact) mass is 514 g/mol. The number of hydrogen-bond acceptors (Lipinski definition) is 3. The first-order valence-corrected chi connectivity index (χ1v) is 11.4. The number of carbonyl (C=O) groups excluding carboxylic acids is 1. The number of nitrogens with two attached hydrogens (primary N) is 1. The normalized spacial score (nSPS) is 16.5. The molecule has 1 heterocycles. The van der Waals surface area contributed by atoms with E-state index < -0.39 is 29.5 Å². The Balaban J connectivity index is 1.79. The van der Waals surface area contributed by atoms with Crippen LogP contribution in [0.25, 0.3) is 0 Å². The van der Waals surface area contributed by atoms with Crippen molar-refractivity contribution < 1.29 is 31.1 Å². The highest BCUT2D eigenvalue weighted by molar-refractivity contribution is 5.83. The Hall–Kier alpha value is -3.08. The van der Waals surface area contributed by atoms with E-state index in [0.717, 1.165) is 5.56 Å². The van der Waals surface area contributed by atoms with Gasteiger partial charge in [-0.1, -0.05) is 30.3 Å². The van der Waals surface area contributed by atoms with Crippen LogP contribution in [-0.2, 0) is 23.6 Å². The molecular formula is C25H28F6N4O. The molecule has 0 aliphatic carbocycles. The van der Waals surface area contributed by atoms with Gasteiger partial charge >= 0.3 is 12.4 Å². The second-order valence-electron chi connectivity index (χ2n) is 9.00. The van der Waals surface area contributed by atoms with Crippen molar-refractivity contribution in [2.24, 2.45) is 11.7 Å². The molecule has 1 amide bonds. The molecule has 0 spiro atoms. The maximum atomic E-state index is 13.5. The summed E-state index contributed by atoms with van der Waals surface area (Å²) in [6.07, 6.45) is -8.81.